The maximum absolute atomic E-state index is 13.7. The summed E-state index contributed by atoms with van der Waals surface area (Å²) in [7, 11) is 0. The third-order valence-electron chi connectivity index (χ3n) is 2.75. The molecule has 1 aromatic heterocycles. The number of rotatable bonds is 4. The van der Waals surface area contributed by atoms with Crippen molar-refractivity contribution in [1.82, 2.24) is 9.88 Å². The summed E-state index contributed by atoms with van der Waals surface area (Å²) in [5.41, 5.74) is 0.820. The van der Waals surface area contributed by atoms with Crippen molar-refractivity contribution in [3.63, 3.8) is 0 Å². The SMILES string of the molecule is CC(CO)NC(=O)Nc1cc(-n2cccc2)ccc1F. The normalized spacial score (nSPS) is 11.9. The number of aliphatic hydroxyl groups is 1. The van der Waals surface area contributed by atoms with Gasteiger partial charge in [0, 0.05) is 18.1 Å². The lowest BCUT2D eigenvalue weighted by Crippen LogP contribution is -2.38. The van der Waals surface area contributed by atoms with E-state index < -0.39 is 17.9 Å². The number of carbonyl (C=O) groups excluding carboxylic acids is 1. The van der Waals surface area contributed by atoms with E-state index in [4.69, 9.17) is 5.11 Å². The van der Waals surface area contributed by atoms with Gasteiger partial charge in [-0.2, -0.15) is 0 Å². The van der Waals surface area contributed by atoms with E-state index in [0.29, 0.717) is 0 Å². The summed E-state index contributed by atoms with van der Waals surface area (Å²) in [5, 5.41) is 13.8. The van der Waals surface area contributed by atoms with Crippen molar-refractivity contribution in [2.75, 3.05) is 11.9 Å². The van der Waals surface area contributed by atoms with E-state index in [2.05, 4.69) is 10.6 Å². The molecule has 1 aromatic carbocycles. The molecule has 0 spiro atoms. The van der Waals surface area contributed by atoms with Crippen molar-refractivity contribution >= 4 is 11.7 Å². The number of amides is 2. The van der Waals surface area contributed by atoms with Crippen LogP contribution in [0.4, 0.5) is 14.9 Å². The highest BCUT2D eigenvalue weighted by molar-refractivity contribution is 5.89. The second kappa shape index (κ2) is 6.21. The smallest absolute Gasteiger partial charge is 0.319 e. The first-order chi connectivity index (χ1) is 9.60. The predicted molar refractivity (Wildman–Crippen MR) is 74.4 cm³/mol. The van der Waals surface area contributed by atoms with Crippen molar-refractivity contribution in [3.05, 3.63) is 48.5 Å². The van der Waals surface area contributed by atoms with Crippen LogP contribution >= 0.6 is 0 Å². The molecule has 0 radical (unpaired) electrons. The van der Waals surface area contributed by atoms with E-state index in [1.165, 1.54) is 6.07 Å². The second-order valence-corrected chi connectivity index (χ2v) is 4.44. The number of halogens is 1. The summed E-state index contributed by atoms with van der Waals surface area (Å²) in [4.78, 5) is 11.6. The van der Waals surface area contributed by atoms with Crippen molar-refractivity contribution in [2.45, 2.75) is 13.0 Å². The fraction of sp³-hybridized carbons (Fsp3) is 0.214. The molecular weight excluding hydrogens is 261 g/mol. The Bertz CT molecular complexity index is 584. The average molecular weight is 277 g/mol. The van der Waals surface area contributed by atoms with Crippen LogP contribution in [0.3, 0.4) is 0 Å². The first kappa shape index (κ1) is 14.1. The number of hydrogen-bond acceptors (Lipinski definition) is 2. The molecule has 20 heavy (non-hydrogen) atoms. The molecule has 2 rings (SSSR count). The van der Waals surface area contributed by atoms with Crippen molar-refractivity contribution in [3.8, 4) is 5.69 Å². The van der Waals surface area contributed by atoms with Gasteiger partial charge in [-0.15, -0.1) is 0 Å². The van der Waals surface area contributed by atoms with Crippen LogP contribution in [0.1, 0.15) is 6.92 Å². The molecule has 3 N–H and O–H groups in total. The number of urea groups is 1. The molecule has 1 atom stereocenters. The molecule has 0 bridgehead atoms. The lowest BCUT2D eigenvalue weighted by Gasteiger charge is -2.13. The van der Waals surface area contributed by atoms with Crippen molar-refractivity contribution < 1.29 is 14.3 Å². The van der Waals surface area contributed by atoms with Gasteiger partial charge in [-0.3, -0.25) is 0 Å². The Balaban J connectivity index is 2.15. The van der Waals surface area contributed by atoms with Gasteiger partial charge in [-0.25, -0.2) is 9.18 Å². The molecule has 0 saturated carbocycles. The molecule has 5 nitrogen and oxygen atoms in total. The highest BCUT2D eigenvalue weighted by atomic mass is 19.1. The highest BCUT2D eigenvalue weighted by Gasteiger charge is 2.10. The monoisotopic (exact) mass is 277 g/mol. The zero-order chi connectivity index (χ0) is 14.5. The Kier molecular flexibility index (Phi) is 4.37. The summed E-state index contributed by atoms with van der Waals surface area (Å²) in [6, 6.07) is 7.20. The largest absolute Gasteiger partial charge is 0.394 e. The molecular formula is C14H16FN3O2. The standard InChI is InChI=1S/C14H16FN3O2/c1-10(9-19)16-14(20)17-13-8-11(4-5-12(13)15)18-6-2-3-7-18/h2-8,10,19H,9H2,1H3,(H2,16,17,20). The molecule has 1 heterocycles. The lowest BCUT2D eigenvalue weighted by atomic mass is 10.2. The molecule has 106 valence electrons. The van der Waals surface area contributed by atoms with Crippen molar-refractivity contribution in [2.24, 2.45) is 0 Å². The second-order valence-electron chi connectivity index (χ2n) is 4.44. The van der Waals surface area contributed by atoms with Crippen LogP contribution in [0.15, 0.2) is 42.7 Å². The van der Waals surface area contributed by atoms with Gasteiger partial charge in [0.25, 0.3) is 0 Å². The van der Waals surface area contributed by atoms with Gasteiger partial charge >= 0.3 is 6.03 Å². The summed E-state index contributed by atoms with van der Waals surface area (Å²) >= 11 is 0. The predicted octanol–water partition coefficient (Wildman–Crippen LogP) is 2.12. The van der Waals surface area contributed by atoms with E-state index in [1.807, 2.05) is 24.5 Å². The number of carbonyl (C=O) groups is 1. The molecule has 0 aliphatic heterocycles. The molecule has 1 unspecified atom stereocenters. The molecule has 0 saturated heterocycles. The van der Waals surface area contributed by atoms with Gasteiger partial charge in [0.05, 0.1) is 18.3 Å². The Hall–Kier alpha value is -2.34. The molecule has 2 amide bonds. The Morgan fingerprint density at radius 1 is 1.40 bits per heavy atom. The minimum absolute atomic E-state index is 0.0823. The molecule has 0 aliphatic rings. The number of aromatic nitrogens is 1. The Labute approximate surface area is 116 Å². The van der Waals surface area contributed by atoms with Crippen LogP contribution < -0.4 is 10.6 Å². The number of benzene rings is 1. The van der Waals surface area contributed by atoms with Crippen LogP contribution in [0.5, 0.6) is 0 Å². The molecule has 2 aromatic rings. The fourth-order valence-corrected chi connectivity index (χ4v) is 1.70. The third-order valence-corrected chi connectivity index (χ3v) is 2.75. The maximum atomic E-state index is 13.7. The quantitative estimate of drug-likeness (QED) is 0.801. The van der Waals surface area contributed by atoms with Crippen LogP contribution in [0.2, 0.25) is 0 Å². The first-order valence-corrected chi connectivity index (χ1v) is 6.21. The zero-order valence-electron chi connectivity index (χ0n) is 11.0. The number of hydrogen-bond donors (Lipinski definition) is 3. The van der Waals surface area contributed by atoms with E-state index in [1.54, 1.807) is 23.6 Å². The minimum atomic E-state index is -0.560. The van der Waals surface area contributed by atoms with Crippen LogP contribution in [0.25, 0.3) is 5.69 Å². The number of anilines is 1. The average Bonchev–Trinajstić information content (AvgIpc) is 2.95. The zero-order valence-corrected chi connectivity index (χ0v) is 11.0. The van der Waals surface area contributed by atoms with Gasteiger partial charge in [-0.05, 0) is 37.3 Å². The van der Waals surface area contributed by atoms with Gasteiger partial charge in [-0.1, -0.05) is 0 Å². The van der Waals surface area contributed by atoms with Crippen molar-refractivity contribution in [1.29, 1.82) is 0 Å². The molecule has 6 heteroatoms. The van der Waals surface area contributed by atoms with Gasteiger partial charge in [0.1, 0.15) is 5.82 Å². The van der Waals surface area contributed by atoms with Gasteiger partial charge in [0.2, 0.25) is 0 Å². The lowest BCUT2D eigenvalue weighted by molar-refractivity contribution is 0.229. The number of nitrogens with zero attached hydrogens (tertiary/aromatic N) is 1. The maximum Gasteiger partial charge on any atom is 0.319 e. The summed E-state index contributed by atoms with van der Waals surface area (Å²) in [6.07, 6.45) is 3.65. The first-order valence-electron chi connectivity index (χ1n) is 6.21. The van der Waals surface area contributed by atoms with Crippen LogP contribution in [-0.4, -0.2) is 28.4 Å². The van der Waals surface area contributed by atoms with E-state index in [-0.39, 0.29) is 12.3 Å². The molecule has 0 fully saturated rings. The fourth-order valence-electron chi connectivity index (χ4n) is 1.70. The number of nitrogens with one attached hydrogen (secondary N) is 2. The molecule has 0 aliphatic carbocycles. The van der Waals surface area contributed by atoms with E-state index in [0.717, 1.165) is 5.69 Å². The summed E-state index contributed by atoms with van der Waals surface area (Å²) in [5.74, 6) is -0.521. The van der Waals surface area contributed by atoms with Crippen LogP contribution in [0, 0.1) is 5.82 Å². The number of aliphatic hydroxyl groups excluding tert-OH is 1. The van der Waals surface area contributed by atoms with E-state index >= 15 is 0 Å². The Morgan fingerprint density at radius 2 is 2.10 bits per heavy atom. The minimum Gasteiger partial charge on any atom is -0.394 e. The van der Waals surface area contributed by atoms with E-state index in [9.17, 15) is 9.18 Å². The Morgan fingerprint density at radius 3 is 2.75 bits per heavy atom. The summed E-state index contributed by atoms with van der Waals surface area (Å²) in [6.45, 7) is 1.46. The van der Waals surface area contributed by atoms with Crippen LogP contribution in [-0.2, 0) is 0 Å². The topological polar surface area (TPSA) is 66.3 Å². The summed E-state index contributed by atoms with van der Waals surface area (Å²) < 4.78 is 15.5. The van der Waals surface area contributed by atoms with Gasteiger partial charge < -0.3 is 20.3 Å². The van der Waals surface area contributed by atoms with Gasteiger partial charge in [0.15, 0.2) is 0 Å². The highest BCUT2D eigenvalue weighted by Crippen LogP contribution is 2.19. The third kappa shape index (κ3) is 3.36.